The molecule has 0 heterocycles. The minimum Gasteiger partial charge on any atom is -0.380 e. The molecule has 1 N–H and O–H groups in total. The molecule has 0 aliphatic carbocycles. The summed E-state index contributed by atoms with van der Waals surface area (Å²) in [5.41, 5.74) is 1.22. The standard InChI is InChI=1S/C10H10BrI2N/c1-2-3-4-14-10-8(12)5-7(11)6-9(10)13/h2-3,5-6,14H,4H2,1H3. The molecule has 0 saturated carbocycles. The van der Waals surface area contributed by atoms with Gasteiger partial charge in [-0.1, -0.05) is 28.1 Å². The van der Waals surface area contributed by atoms with Gasteiger partial charge in [0.1, 0.15) is 0 Å². The van der Waals surface area contributed by atoms with Crippen molar-refractivity contribution < 1.29 is 0 Å². The molecule has 0 aromatic heterocycles. The van der Waals surface area contributed by atoms with Gasteiger partial charge >= 0.3 is 0 Å². The van der Waals surface area contributed by atoms with Gasteiger partial charge in [-0.15, -0.1) is 0 Å². The van der Waals surface area contributed by atoms with Crippen LogP contribution in [0, 0.1) is 7.14 Å². The molecule has 1 aromatic rings. The van der Waals surface area contributed by atoms with Crippen molar-refractivity contribution in [3.63, 3.8) is 0 Å². The normalized spacial score (nSPS) is 10.9. The van der Waals surface area contributed by atoms with E-state index in [1.807, 2.05) is 13.0 Å². The van der Waals surface area contributed by atoms with Crippen LogP contribution in [0.4, 0.5) is 5.69 Å². The molecule has 0 amide bonds. The second kappa shape index (κ2) is 6.32. The Labute approximate surface area is 120 Å². The second-order valence-electron chi connectivity index (χ2n) is 2.69. The van der Waals surface area contributed by atoms with E-state index in [2.05, 4.69) is 84.6 Å². The first-order valence-electron chi connectivity index (χ1n) is 4.14. The lowest BCUT2D eigenvalue weighted by atomic mass is 10.3. The fraction of sp³-hybridized carbons (Fsp3) is 0.200. The monoisotopic (exact) mass is 477 g/mol. The summed E-state index contributed by atoms with van der Waals surface area (Å²) in [6.07, 6.45) is 4.15. The fourth-order valence-corrected chi connectivity index (χ4v) is 4.45. The molecule has 0 unspecified atom stereocenters. The topological polar surface area (TPSA) is 12.0 Å². The maximum Gasteiger partial charge on any atom is 0.0614 e. The van der Waals surface area contributed by atoms with E-state index in [0.29, 0.717) is 0 Å². The van der Waals surface area contributed by atoms with Crippen LogP contribution in [0.1, 0.15) is 6.92 Å². The molecule has 1 aromatic carbocycles. The van der Waals surface area contributed by atoms with Crippen molar-refractivity contribution >= 4 is 66.8 Å². The molecule has 76 valence electrons. The minimum absolute atomic E-state index is 0.879. The van der Waals surface area contributed by atoms with Gasteiger partial charge in [-0.05, 0) is 64.2 Å². The highest BCUT2D eigenvalue weighted by Crippen LogP contribution is 2.28. The van der Waals surface area contributed by atoms with E-state index in [4.69, 9.17) is 0 Å². The summed E-state index contributed by atoms with van der Waals surface area (Å²) in [5.74, 6) is 0. The number of hydrogen-bond acceptors (Lipinski definition) is 1. The summed E-state index contributed by atoms with van der Waals surface area (Å²) in [4.78, 5) is 0. The highest BCUT2D eigenvalue weighted by atomic mass is 127. The lowest BCUT2D eigenvalue weighted by Crippen LogP contribution is -2.02. The van der Waals surface area contributed by atoms with Gasteiger partial charge in [0.15, 0.2) is 0 Å². The average molecular weight is 478 g/mol. The lowest BCUT2D eigenvalue weighted by molar-refractivity contribution is 1.30. The summed E-state index contributed by atoms with van der Waals surface area (Å²) in [5, 5.41) is 3.39. The van der Waals surface area contributed by atoms with Gasteiger partial charge in [0, 0.05) is 18.2 Å². The van der Waals surface area contributed by atoms with Gasteiger partial charge in [0.05, 0.1) is 5.69 Å². The van der Waals surface area contributed by atoms with Crippen LogP contribution in [0.25, 0.3) is 0 Å². The summed E-state index contributed by atoms with van der Waals surface area (Å²) in [6.45, 7) is 2.91. The zero-order chi connectivity index (χ0) is 10.6. The van der Waals surface area contributed by atoms with Crippen molar-refractivity contribution in [1.82, 2.24) is 0 Å². The number of anilines is 1. The summed E-state index contributed by atoms with van der Waals surface area (Å²) < 4.78 is 3.61. The van der Waals surface area contributed by atoms with E-state index in [1.165, 1.54) is 12.8 Å². The van der Waals surface area contributed by atoms with Crippen molar-refractivity contribution in [2.24, 2.45) is 0 Å². The van der Waals surface area contributed by atoms with Crippen LogP contribution in [0.3, 0.4) is 0 Å². The summed E-state index contributed by atoms with van der Waals surface area (Å²) >= 11 is 8.16. The van der Waals surface area contributed by atoms with E-state index in [9.17, 15) is 0 Å². The Morgan fingerprint density at radius 3 is 2.43 bits per heavy atom. The Hall–Kier alpha value is 0.700. The molecular formula is C10H10BrI2N. The first kappa shape index (κ1) is 12.8. The van der Waals surface area contributed by atoms with Gasteiger partial charge in [0.25, 0.3) is 0 Å². The highest BCUT2D eigenvalue weighted by Gasteiger charge is 2.04. The van der Waals surface area contributed by atoms with Crippen molar-refractivity contribution in [3.8, 4) is 0 Å². The van der Waals surface area contributed by atoms with Crippen molar-refractivity contribution in [3.05, 3.63) is 35.9 Å². The molecule has 0 spiro atoms. The largest absolute Gasteiger partial charge is 0.380 e. The molecule has 0 atom stereocenters. The van der Waals surface area contributed by atoms with Crippen LogP contribution in [0.15, 0.2) is 28.8 Å². The number of nitrogens with one attached hydrogen (secondary N) is 1. The zero-order valence-electron chi connectivity index (χ0n) is 7.65. The van der Waals surface area contributed by atoms with Crippen molar-refractivity contribution in [2.45, 2.75) is 6.92 Å². The molecule has 1 nitrogen and oxygen atoms in total. The van der Waals surface area contributed by atoms with Gasteiger partial charge in [-0.3, -0.25) is 0 Å². The van der Waals surface area contributed by atoms with Crippen LogP contribution in [0.5, 0.6) is 0 Å². The van der Waals surface area contributed by atoms with Crippen molar-refractivity contribution in [2.75, 3.05) is 11.9 Å². The van der Waals surface area contributed by atoms with Gasteiger partial charge in [-0.2, -0.15) is 0 Å². The Balaban J connectivity index is 2.85. The van der Waals surface area contributed by atoms with Crippen LogP contribution in [0.2, 0.25) is 0 Å². The second-order valence-corrected chi connectivity index (χ2v) is 5.93. The molecule has 0 saturated heterocycles. The van der Waals surface area contributed by atoms with Crippen LogP contribution < -0.4 is 5.32 Å². The molecule has 4 heteroatoms. The highest BCUT2D eigenvalue weighted by molar-refractivity contribution is 14.1. The smallest absolute Gasteiger partial charge is 0.0614 e. The third kappa shape index (κ3) is 3.69. The maximum absolute atomic E-state index is 3.48. The van der Waals surface area contributed by atoms with Crippen LogP contribution in [-0.2, 0) is 0 Å². The molecule has 0 aliphatic rings. The first-order valence-corrected chi connectivity index (χ1v) is 7.09. The van der Waals surface area contributed by atoms with E-state index >= 15 is 0 Å². The maximum atomic E-state index is 3.48. The molecule has 0 bridgehead atoms. The van der Waals surface area contributed by atoms with Gasteiger partial charge in [0.2, 0.25) is 0 Å². The number of benzene rings is 1. The minimum atomic E-state index is 0.879. The summed E-state index contributed by atoms with van der Waals surface area (Å²) in [6, 6.07) is 4.22. The predicted octanol–water partition coefficient (Wildman–Crippen LogP) is 4.65. The SMILES string of the molecule is CC=CCNc1c(I)cc(Br)cc1I. The number of allylic oxidation sites excluding steroid dienone is 1. The quantitative estimate of drug-likeness (QED) is 0.494. The fourth-order valence-electron chi connectivity index (χ4n) is 0.990. The van der Waals surface area contributed by atoms with Gasteiger partial charge < -0.3 is 5.32 Å². The van der Waals surface area contributed by atoms with E-state index in [-0.39, 0.29) is 0 Å². The molecule has 0 aliphatic heterocycles. The van der Waals surface area contributed by atoms with Crippen LogP contribution >= 0.6 is 61.1 Å². The Morgan fingerprint density at radius 1 is 1.36 bits per heavy atom. The molecule has 1 rings (SSSR count). The number of hydrogen-bond donors (Lipinski definition) is 1. The Bertz CT molecular complexity index is 327. The molecule has 0 radical (unpaired) electrons. The number of rotatable bonds is 3. The van der Waals surface area contributed by atoms with E-state index < -0.39 is 0 Å². The lowest BCUT2D eigenvalue weighted by Gasteiger charge is -2.09. The molecular weight excluding hydrogens is 468 g/mol. The third-order valence-electron chi connectivity index (χ3n) is 1.64. The predicted molar refractivity (Wildman–Crippen MR) is 82.9 cm³/mol. The van der Waals surface area contributed by atoms with Crippen LogP contribution in [-0.4, -0.2) is 6.54 Å². The van der Waals surface area contributed by atoms with Gasteiger partial charge in [-0.25, -0.2) is 0 Å². The molecule has 0 fully saturated rings. The zero-order valence-corrected chi connectivity index (χ0v) is 13.6. The van der Waals surface area contributed by atoms with E-state index in [1.54, 1.807) is 0 Å². The van der Waals surface area contributed by atoms with Crippen molar-refractivity contribution in [1.29, 1.82) is 0 Å². The summed E-state index contributed by atoms with van der Waals surface area (Å²) in [7, 11) is 0. The average Bonchev–Trinajstić information content (AvgIpc) is 2.09. The number of halogens is 3. The first-order chi connectivity index (χ1) is 6.65. The Kier molecular flexibility index (Phi) is 5.76. The third-order valence-corrected chi connectivity index (χ3v) is 3.80. The molecule has 14 heavy (non-hydrogen) atoms. The van der Waals surface area contributed by atoms with E-state index in [0.717, 1.165) is 11.0 Å². The Morgan fingerprint density at radius 2 is 1.93 bits per heavy atom.